The molecule has 298 valence electrons. The largest absolute Gasteiger partial charge is 0.309 e. The molecule has 14 rings (SSSR count). The summed E-state index contributed by atoms with van der Waals surface area (Å²) >= 11 is 0. The highest BCUT2D eigenvalue weighted by atomic mass is 15.0. The van der Waals surface area contributed by atoms with Gasteiger partial charge in [0.05, 0.1) is 44.2 Å². The first-order chi connectivity index (χ1) is 31.8. The van der Waals surface area contributed by atoms with Gasteiger partial charge < -0.3 is 13.7 Å². The summed E-state index contributed by atoms with van der Waals surface area (Å²) in [6, 6.07) is 87.9. The number of aromatic nitrogens is 3. The number of hydrogen-bond donors (Lipinski definition) is 0. The molecule has 0 spiro atoms. The predicted octanol–water partition coefficient (Wildman–Crippen LogP) is 15.3. The minimum absolute atomic E-state index is 0.690. The molecule has 0 bridgehead atoms. The van der Waals surface area contributed by atoms with E-state index in [1.165, 1.54) is 98.8 Å². The molecule has 0 N–H and O–H groups in total. The molecule has 0 amide bonds. The van der Waals surface area contributed by atoms with E-state index < -0.39 is 5.41 Å². The second-order valence-electron chi connectivity index (χ2n) is 17.2. The molecule has 0 radical (unpaired) electrons. The molecule has 1 aliphatic carbocycles. The zero-order valence-corrected chi connectivity index (χ0v) is 34.9. The lowest BCUT2D eigenvalue weighted by Crippen LogP contribution is -2.29. The van der Waals surface area contributed by atoms with Crippen molar-refractivity contribution in [2.75, 3.05) is 0 Å². The summed E-state index contributed by atoms with van der Waals surface area (Å²) < 4.78 is 7.50. The van der Waals surface area contributed by atoms with E-state index in [0.717, 1.165) is 17.1 Å². The fourth-order valence-corrected chi connectivity index (χ4v) is 11.6. The van der Waals surface area contributed by atoms with Crippen LogP contribution in [0.25, 0.3) is 93.6 Å². The molecule has 0 unspecified atom stereocenters. The molecule has 3 heteroatoms. The van der Waals surface area contributed by atoms with Crippen LogP contribution in [0.3, 0.4) is 0 Å². The van der Waals surface area contributed by atoms with E-state index in [1.54, 1.807) is 0 Å². The number of hydrogen-bond acceptors (Lipinski definition) is 0. The predicted molar refractivity (Wildman–Crippen MR) is 267 cm³/mol. The highest BCUT2D eigenvalue weighted by molar-refractivity contribution is 6.12. The van der Waals surface area contributed by atoms with Crippen molar-refractivity contribution < 1.29 is 0 Å². The molecule has 3 heterocycles. The van der Waals surface area contributed by atoms with Crippen molar-refractivity contribution >= 4 is 65.4 Å². The smallest absolute Gasteiger partial charge is 0.0715 e. The van der Waals surface area contributed by atoms with Crippen LogP contribution in [0.15, 0.2) is 237 Å². The van der Waals surface area contributed by atoms with E-state index in [2.05, 4.69) is 250 Å². The van der Waals surface area contributed by atoms with Gasteiger partial charge in [0.2, 0.25) is 0 Å². The summed E-state index contributed by atoms with van der Waals surface area (Å²) in [5.74, 6) is 0. The van der Waals surface area contributed by atoms with Gasteiger partial charge in [0.25, 0.3) is 0 Å². The van der Waals surface area contributed by atoms with E-state index in [1.807, 2.05) is 0 Å². The van der Waals surface area contributed by atoms with E-state index >= 15 is 0 Å². The van der Waals surface area contributed by atoms with Gasteiger partial charge in [-0.1, -0.05) is 176 Å². The van der Waals surface area contributed by atoms with E-state index in [0.29, 0.717) is 0 Å². The quantitative estimate of drug-likeness (QED) is 0.164. The van der Waals surface area contributed by atoms with Crippen LogP contribution < -0.4 is 0 Å². The number of fused-ring (bicyclic) bond motifs is 12. The third-order valence-electron chi connectivity index (χ3n) is 14.1. The van der Waals surface area contributed by atoms with Crippen LogP contribution in [-0.2, 0) is 5.41 Å². The van der Waals surface area contributed by atoms with Crippen molar-refractivity contribution in [1.29, 1.82) is 0 Å². The molecule has 10 aromatic carbocycles. The van der Waals surface area contributed by atoms with Crippen molar-refractivity contribution in [3.05, 3.63) is 259 Å². The Morgan fingerprint density at radius 2 is 0.609 bits per heavy atom. The number of nitrogens with zero attached hydrogens (tertiary/aromatic N) is 3. The van der Waals surface area contributed by atoms with Gasteiger partial charge >= 0.3 is 0 Å². The molecule has 1 aliphatic rings. The minimum Gasteiger partial charge on any atom is -0.309 e. The van der Waals surface area contributed by atoms with Crippen LogP contribution in [-0.4, -0.2) is 13.7 Å². The van der Waals surface area contributed by atoms with Crippen LogP contribution in [0.5, 0.6) is 0 Å². The Labute approximate surface area is 369 Å². The summed E-state index contributed by atoms with van der Waals surface area (Å²) in [5.41, 5.74) is 17.3. The Balaban J connectivity index is 1.19. The van der Waals surface area contributed by atoms with E-state index in [9.17, 15) is 0 Å². The van der Waals surface area contributed by atoms with Gasteiger partial charge in [-0.25, -0.2) is 0 Å². The van der Waals surface area contributed by atoms with Gasteiger partial charge in [-0.15, -0.1) is 0 Å². The van der Waals surface area contributed by atoms with Gasteiger partial charge in [0.1, 0.15) is 0 Å². The van der Waals surface area contributed by atoms with Crippen molar-refractivity contribution in [1.82, 2.24) is 13.7 Å². The molecule has 0 atom stereocenters. The second-order valence-corrected chi connectivity index (χ2v) is 17.2. The molecule has 13 aromatic rings. The van der Waals surface area contributed by atoms with Crippen molar-refractivity contribution in [3.63, 3.8) is 0 Å². The topological polar surface area (TPSA) is 14.8 Å². The Bertz CT molecular complexity index is 3810. The van der Waals surface area contributed by atoms with Gasteiger partial charge in [-0.2, -0.15) is 0 Å². The third kappa shape index (κ3) is 4.65. The zero-order chi connectivity index (χ0) is 41.9. The lowest BCUT2D eigenvalue weighted by molar-refractivity contribution is 0.766. The molecular weight excluding hydrogens is 775 g/mol. The number of rotatable bonds is 5. The second kappa shape index (κ2) is 13.3. The molecule has 0 saturated heterocycles. The number of para-hydroxylation sites is 6. The summed E-state index contributed by atoms with van der Waals surface area (Å²) in [4.78, 5) is 0. The Morgan fingerprint density at radius 1 is 0.266 bits per heavy atom. The average molecular weight is 814 g/mol. The summed E-state index contributed by atoms with van der Waals surface area (Å²) in [7, 11) is 0. The van der Waals surface area contributed by atoms with E-state index in [-0.39, 0.29) is 0 Å². The molecule has 3 aromatic heterocycles. The highest BCUT2D eigenvalue weighted by Crippen LogP contribution is 2.59. The highest BCUT2D eigenvalue weighted by Gasteiger charge is 2.48. The van der Waals surface area contributed by atoms with Crippen LogP contribution in [0.2, 0.25) is 0 Å². The summed E-state index contributed by atoms with van der Waals surface area (Å²) in [6.07, 6.45) is 0. The monoisotopic (exact) mass is 813 g/mol. The maximum Gasteiger partial charge on any atom is 0.0715 e. The number of benzene rings is 10. The first-order valence-corrected chi connectivity index (χ1v) is 22.2. The lowest BCUT2D eigenvalue weighted by Gasteiger charge is -2.34. The Hall–Kier alpha value is -8.40. The first-order valence-electron chi connectivity index (χ1n) is 22.2. The molecule has 0 fully saturated rings. The van der Waals surface area contributed by atoms with Crippen molar-refractivity contribution in [2.24, 2.45) is 0 Å². The summed E-state index contributed by atoms with van der Waals surface area (Å²) in [5, 5.41) is 7.48. The molecule has 0 aliphatic heterocycles. The maximum atomic E-state index is 2.54. The van der Waals surface area contributed by atoms with Gasteiger partial charge in [0.15, 0.2) is 0 Å². The van der Waals surface area contributed by atoms with Gasteiger partial charge in [-0.05, 0) is 88.5 Å². The van der Waals surface area contributed by atoms with E-state index in [4.69, 9.17) is 0 Å². The average Bonchev–Trinajstić information content (AvgIpc) is 4.08. The van der Waals surface area contributed by atoms with Crippen LogP contribution in [0.4, 0.5) is 0 Å². The van der Waals surface area contributed by atoms with Gasteiger partial charge in [-0.3, -0.25) is 0 Å². The SMILES string of the molecule is c1ccc(C2(c3ccccc3)c3cc(-n4c5ccccc5c5ccccc54)ccc3-c3c(-n4c5ccccc5c5ccccc54)cc(-n4c5ccccc5c5ccccc54)cc32)cc1. The first kappa shape index (κ1) is 35.2. The fraction of sp³-hybridized carbons (Fsp3) is 0.0164. The molecule has 0 saturated carbocycles. The minimum atomic E-state index is -0.690. The van der Waals surface area contributed by atoms with Crippen molar-refractivity contribution in [2.45, 2.75) is 5.41 Å². The third-order valence-corrected chi connectivity index (χ3v) is 14.1. The Morgan fingerprint density at radius 3 is 1.03 bits per heavy atom. The lowest BCUT2D eigenvalue weighted by atomic mass is 9.67. The van der Waals surface area contributed by atoms with Crippen LogP contribution in [0, 0.1) is 0 Å². The summed E-state index contributed by atoms with van der Waals surface area (Å²) in [6.45, 7) is 0. The molecular formula is C61H39N3. The zero-order valence-electron chi connectivity index (χ0n) is 34.9. The van der Waals surface area contributed by atoms with Crippen LogP contribution >= 0.6 is 0 Å². The normalized spacial score (nSPS) is 13.1. The fourth-order valence-electron chi connectivity index (χ4n) is 11.6. The molecule has 3 nitrogen and oxygen atoms in total. The Kier molecular flexibility index (Phi) is 7.32. The standard InChI is InChI=1S/C61H39N3/c1-3-19-40(20-4-1)61(41-21-5-2-6-22-41)51-37-42(62-53-29-13-7-23-44(53)45-24-8-14-30-54(45)62)35-36-50(51)60-52(61)38-43(63-55-31-15-9-25-46(55)47-26-10-16-32-56(47)63)39-59(60)64-57-33-17-11-27-48(57)49-28-12-18-34-58(49)64/h1-39H. The van der Waals surface area contributed by atoms with Crippen molar-refractivity contribution in [3.8, 4) is 28.2 Å². The van der Waals surface area contributed by atoms with Crippen LogP contribution in [0.1, 0.15) is 22.3 Å². The maximum absolute atomic E-state index is 2.54. The van der Waals surface area contributed by atoms with Gasteiger partial charge in [0, 0.05) is 49.3 Å². The molecule has 64 heavy (non-hydrogen) atoms.